The lowest BCUT2D eigenvalue weighted by Gasteiger charge is -2.33. The number of nitrogens with one attached hydrogen (secondary N) is 1. The molecular weight excluding hydrogens is 633 g/mol. The lowest BCUT2D eigenvalue weighted by molar-refractivity contribution is -0.140. The highest BCUT2D eigenvalue weighted by Crippen LogP contribution is 2.35. The second-order valence-electron chi connectivity index (χ2n) is 10.5. The summed E-state index contributed by atoms with van der Waals surface area (Å²) in [5.41, 5.74) is 1.56. The fourth-order valence-electron chi connectivity index (χ4n) is 4.39. The smallest absolute Gasteiger partial charge is 0.264 e. The Bertz CT molecular complexity index is 1550. The van der Waals surface area contributed by atoms with Gasteiger partial charge in [-0.3, -0.25) is 13.9 Å². The van der Waals surface area contributed by atoms with E-state index >= 15 is 0 Å². The molecule has 43 heavy (non-hydrogen) atoms. The molecule has 3 aromatic carbocycles. The number of halogens is 3. The molecule has 3 rings (SSSR count). The Balaban J connectivity index is 2.13. The zero-order chi connectivity index (χ0) is 31.9. The van der Waals surface area contributed by atoms with E-state index in [9.17, 15) is 18.0 Å². The van der Waals surface area contributed by atoms with Crippen molar-refractivity contribution in [1.29, 1.82) is 0 Å². The number of carbonyl (C=O) groups is 2. The molecule has 0 aromatic heterocycles. The fraction of sp³-hybridized carbons (Fsp3) is 0.355. The monoisotopic (exact) mass is 667 g/mol. The van der Waals surface area contributed by atoms with Crippen LogP contribution in [0.25, 0.3) is 0 Å². The summed E-state index contributed by atoms with van der Waals surface area (Å²) in [6.07, 6.45) is 0.280. The second-order valence-corrected chi connectivity index (χ2v) is 13.6. The molecule has 0 spiro atoms. The number of sulfonamides is 1. The first-order valence-corrected chi connectivity index (χ1v) is 16.3. The number of rotatable bonds is 13. The van der Waals surface area contributed by atoms with Crippen molar-refractivity contribution < 1.29 is 22.7 Å². The van der Waals surface area contributed by atoms with E-state index in [1.54, 1.807) is 43.3 Å². The maximum atomic E-state index is 14.2. The van der Waals surface area contributed by atoms with Crippen LogP contribution in [0.15, 0.2) is 65.6 Å². The van der Waals surface area contributed by atoms with Crippen molar-refractivity contribution in [3.05, 3.63) is 86.9 Å². The quantitative estimate of drug-likeness (QED) is 0.218. The fourth-order valence-corrected chi connectivity index (χ4v) is 6.29. The highest BCUT2D eigenvalue weighted by molar-refractivity contribution is 7.92. The summed E-state index contributed by atoms with van der Waals surface area (Å²) in [7, 11) is -2.90. The Hall–Kier alpha value is -2.98. The standard InChI is InChI=1S/C31H36Cl3N3O5S/c1-6-27(31(39)35-17-20(2)3)36(18-22-9-13-25(33)26(34)15-22)30(38)19-37(28-16-23(32)10-14-29(28)42-5)43(40,41)24-11-7-21(4)8-12-24/h7-16,20,27H,6,17-19H2,1-5H3,(H,35,39)/t27-/m0/s1. The maximum Gasteiger partial charge on any atom is 0.264 e. The molecule has 232 valence electrons. The van der Waals surface area contributed by atoms with Crippen LogP contribution < -0.4 is 14.4 Å². The van der Waals surface area contributed by atoms with E-state index in [2.05, 4.69) is 5.32 Å². The minimum Gasteiger partial charge on any atom is -0.495 e. The molecule has 0 saturated heterocycles. The van der Waals surface area contributed by atoms with Crippen LogP contribution in [0.1, 0.15) is 38.3 Å². The Morgan fingerprint density at radius 2 is 1.63 bits per heavy atom. The lowest BCUT2D eigenvalue weighted by Crippen LogP contribution is -2.52. The van der Waals surface area contributed by atoms with Crippen LogP contribution in [0.3, 0.4) is 0 Å². The number of hydrogen-bond donors (Lipinski definition) is 1. The molecule has 0 heterocycles. The van der Waals surface area contributed by atoms with Gasteiger partial charge in [0, 0.05) is 18.1 Å². The topological polar surface area (TPSA) is 96.0 Å². The van der Waals surface area contributed by atoms with Crippen LogP contribution in [0.5, 0.6) is 5.75 Å². The number of carbonyl (C=O) groups excluding carboxylic acids is 2. The first-order valence-electron chi connectivity index (χ1n) is 13.7. The summed E-state index contributed by atoms with van der Waals surface area (Å²) in [6, 6.07) is 14.8. The molecule has 1 atom stereocenters. The first kappa shape index (κ1) is 34.5. The molecule has 0 aliphatic rings. The van der Waals surface area contributed by atoms with Crippen LogP contribution in [-0.2, 0) is 26.2 Å². The molecule has 0 aliphatic heterocycles. The molecule has 0 radical (unpaired) electrons. The minimum atomic E-state index is -4.30. The molecule has 0 unspecified atom stereocenters. The summed E-state index contributed by atoms with van der Waals surface area (Å²) in [4.78, 5) is 29.0. The zero-order valence-corrected chi connectivity index (χ0v) is 27.8. The van der Waals surface area contributed by atoms with Gasteiger partial charge >= 0.3 is 0 Å². The van der Waals surface area contributed by atoms with Crippen molar-refractivity contribution >= 4 is 62.3 Å². The molecule has 8 nitrogen and oxygen atoms in total. The van der Waals surface area contributed by atoms with Crippen LogP contribution in [0.2, 0.25) is 15.1 Å². The molecule has 12 heteroatoms. The molecule has 1 N–H and O–H groups in total. The summed E-state index contributed by atoms with van der Waals surface area (Å²) >= 11 is 18.7. The number of nitrogens with zero attached hydrogens (tertiary/aromatic N) is 2. The van der Waals surface area contributed by atoms with Gasteiger partial charge in [-0.1, -0.05) is 79.3 Å². The number of anilines is 1. The van der Waals surface area contributed by atoms with E-state index in [0.717, 1.165) is 9.87 Å². The van der Waals surface area contributed by atoms with Gasteiger partial charge in [-0.25, -0.2) is 8.42 Å². The Labute approximate surface area is 268 Å². The zero-order valence-electron chi connectivity index (χ0n) is 24.7. The van der Waals surface area contributed by atoms with E-state index in [-0.39, 0.29) is 51.2 Å². The van der Waals surface area contributed by atoms with E-state index < -0.39 is 28.5 Å². The van der Waals surface area contributed by atoms with Crippen LogP contribution >= 0.6 is 34.8 Å². The van der Waals surface area contributed by atoms with Crippen molar-refractivity contribution in [2.24, 2.45) is 5.92 Å². The van der Waals surface area contributed by atoms with Gasteiger partial charge in [-0.15, -0.1) is 0 Å². The number of aryl methyl sites for hydroxylation is 1. The third-order valence-corrected chi connectivity index (χ3v) is 9.45. The summed E-state index contributed by atoms with van der Waals surface area (Å²) in [5.74, 6) is -0.579. The van der Waals surface area contributed by atoms with Crippen molar-refractivity contribution in [3.8, 4) is 5.75 Å². The number of hydrogen-bond acceptors (Lipinski definition) is 5. The average Bonchev–Trinajstić information content (AvgIpc) is 2.96. The highest BCUT2D eigenvalue weighted by atomic mass is 35.5. The maximum absolute atomic E-state index is 14.2. The van der Waals surface area contributed by atoms with Gasteiger partial charge < -0.3 is 15.0 Å². The molecule has 2 amide bonds. The van der Waals surface area contributed by atoms with Gasteiger partial charge in [0.05, 0.1) is 27.7 Å². The van der Waals surface area contributed by atoms with Gasteiger partial charge in [0.2, 0.25) is 11.8 Å². The van der Waals surface area contributed by atoms with E-state index in [1.165, 1.54) is 36.3 Å². The van der Waals surface area contributed by atoms with Gasteiger partial charge in [-0.05, 0) is 67.3 Å². The van der Waals surface area contributed by atoms with E-state index in [4.69, 9.17) is 39.5 Å². The number of benzene rings is 3. The van der Waals surface area contributed by atoms with Gasteiger partial charge in [0.1, 0.15) is 18.3 Å². The Kier molecular flexibility index (Phi) is 12.2. The normalized spacial score (nSPS) is 12.1. The number of methoxy groups -OCH3 is 1. The summed E-state index contributed by atoms with van der Waals surface area (Å²) in [6.45, 7) is 7.32. The molecule has 0 saturated carbocycles. The largest absolute Gasteiger partial charge is 0.495 e. The predicted molar refractivity (Wildman–Crippen MR) is 173 cm³/mol. The summed E-state index contributed by atoms with van der Waals surface area (Å²) < 4.78 is 34.7. The molecule has 0 fully saturated rings. The first-order chi connectivity index (χ1) is 20.3. The minimum absolute atomic E-state index is 0.0194. The molecule has 0 aliphatic carbocycles. The highest BCUT2D eigenvalue weighted by Gasteiger charge is 2.35. The van der Waals surface area contributed by atoms with Crippen LogP contribution in [0, 0.1) is 12.8 Å². The van der Waals surface area contributed by atoms with Crippen molar-refractivity contribution in [3.63, 3.8) is 0 Å². The Morgan fingerprint density at radius 1 is 0.953 bits per heavy atom. The van der Waals surface area contributed by atoms with Gasteiger partial charge in [-0.2, -0.15) is 0 Å². The third kappa shape index (κ3) is 8.79. The van der Waals surface area contributed by atoms with Crippen LogP contribution in [-0.4, -0.2) is 51.4 Å². The van der Waals surface area contributed by atoms with Gasteiger partial charge in [0.15, 0.2) is 0 Å². The van der Waals surface area contributed by atoms with Crippen LogP contribution in [0.4, 0.5) is 5.69 Å². The SMILES string of the molecule is CC[C@@H](C(=O)NCC(C)C)N(Cc1ccc(Cl)c(Cl)c1)C(=O)CN(c1cc(Cl)ccc1OC)S(=O)(=O)c1ccc(C)cc1. The summed E-state index contributed by atoms with van der Waals surface area (Å²) in [5, 5.41) is 3.78. The van der Waals surface area contributed by atoms with E-state index in [0.29, 0.717) is 17.1 Å². The molecule has 0 bridgehead atoms. The predicted octanol–water partition coefficient (Wildman–Crippen LogP) is 6.74. The number of amides is 2. The molecule has 3 aromatic rings. The van der Waals surface area contributed by atoms with Crippen molar-refractivity contribution in [1.82, 2.24) is 10.2 Å². The Morgan fingerprint density at radius 3 is 2.21 bits per heavy atom. The lowest BCUT2D eigenvalue weighted by atomic mass is 10.1. The molecular formula is C31H36Cl3N3O5S. The van der Waals surface area contributed by atoms with Crippen molar-refractivity contribution in [2.75, 3.05) is 24.5 Å². The van der Waals surface area contributed by atoms with E-state index in [1.807, 2.05) is 20.8 Å². The number of ether oxygens (including phenoxy) is 1. The third-order valence-electron chi connectivity index (χ3n) is 6.70. The van der Waals surface area contributed by atoms with Crippen molar-refractivity contribution in [2.45, 2.75) is 51.6 Å². The average molecular weight is 669 g/mol. The van der Waals surface area contributed by atoms with Gasteiger partial charge in [0.25, 0.3) is 10.0 Å². The second kappa shape index (κ2) is 15.1.